The molecule has 0 atom stereocenters. The van der Waals surface area contributed by atoms with Crippen molar-refractivity contribution in [2.45, 2.75) is 25.4 Å². The van der Waals surface area contributed by atoms with Crippen molar-refractivity contribution in [3.05, 3.63) is 52.8 Å². The van der Waals surface area contributed by atoms with Crippen LogP contribution in [0.25, 0.3) is 11.1 Å². The summed E-state index contributed by atoms with van der Waals surface area (Å²) in [6.45, 7) is 0.549. The highest BCUT2D eigenvalue weighted by atomic mass is 35.5. The fourth-order valence-electron chi connectivity index (χ4n) is 2.33. The molecule has 0 saturated heterocycles. The van der Waals surface area contributed by atoms with Crippen LogP contribution in [-0.2, 0) is 6.54 Å². The highest BCUT2D eigenvalue weighted by molar-refractivity contribution is 6.31. The van der Waals surface area contributed by atoms with Crippen molar-refractivity contribution in [2.24, 2.45) is 0 Å². The van der Waals surface area contributed by atoms with Gasteiger partial charge >= 0.3 is 0 Å². The zero-order valence-electron chi connectivity index (χ0n) is 11.8. The minimum atomic E-state index is -0.187. The van der Waals surface area contributed by atoms with Crippen LogP contribution in [0.3, 0.4) is 0 Å². The second kappa shape index (κ2) is 6.04. The Bertz CT molecular complexity index is 655. The van der Waals surface area contributed by atoms with Crippen LogP contribution in [0.1, 0.15) is 18.4 Å². The SMILES string of the molecule is COc1ccc(Cl)cc1-c1ccc(F)c(CNC2CC2)c1. The van der Waals surface area contributed by atoms with Gasteiger partial charge in [-0.15, -0.1) is 0 Å². The van der Waals surface area contributed by atoms with Gasteiger partial charge in [-0.1, -0.05) is 17.7 Å². The average molecular weight is 306 g/mol. The molecule has 2 aromatic carbocycles. The van der Waals surface area contributed by atoms with Crippen molar-refractivity contribution < 1.29 is 9.13 Å². The maximum absolute atomic E-state index is 13.9. The van der Waals surface area contributed by atoms with Crippen LogP contribution in [0.5, 0.6) is 5.75 Å². The van der Waals surface area contributed by atoms with E-state index in [1.54, 1.807) is 19.2 Å². The maximum atomic E-state index is 13.9. The molecule has 1 aliphatic carbocycles. The fraction of sp³-hybridized carbons (Fsp3) is 0.294. The molecule has 0 bridgehead atoms. The van der Waals surface area contributed by atoms with Gasteiger partial charge in [-0.3, -0.25) is 0 Å². The summed E-state index contributed by atoms with van der Waals surface area (Å²) in [4.78, 5) is 0. The third kappa shape index (κ3) is 3.36. The predicted molar refractivity (Wildman–Crippen MR) is 83.3 cm³/mol. The number of methoxy groups -OCH3 is 1. The molecule has 21 heavy (non-hydrogen) atoms. The van der Waals surface area contributed by atoms with E-state index in [-0.39, 0.29) is 5.82 Å². The summed E-state index contributed by atoms with van der Waals surface area (Å²) >= 11 is 6.06. The number of halogens is 2. The summed E-state index contributed by atoms with van der Waals surface area (Å²) in [5, 5.41) is 3.97. The normalized spacial score (nSPS) is 14.2. The van der Waals surface area contributed by atoms with E-state index in [9.17, 15) is 4.39 Å². The molecule has 4 heteroatoms. The molecule has 110 valence electrons. The van der Waals surface area contributed by atoms with Gasteiger partial charge in [0, 0.05) is 28.7 Å². The second-order valence-corrected chi connectivity index (χ2v) is 5.74. The van der Waals surface area contributed by atoms with Crippen LogP contribution in [0.2, 0.25) is 5.02 Å². The first-order chi connectivity index (χ1) is 10.2. The van der Waals surface area contributed by atoms with Crippen molar-refractivity contribution in [3.63, 3.8) is 0 Å². The smallest absolute Gasteiger partial charge is 0.127 e. The molecule has 2 nitrogen and oxygen atoms in total. The molecule has 0 unspecified atom stereocenters. The Kier molecular flexibility index (Phi) is 4.13. The number of hydrogen-bond donors (Lipinski definition) is 1. The molecule has 0 heterocycles. The molecule has 1 N–H and O–H groups in total. The summed E-state index contributed by atoms with van der Waals surface area (Å²) in [5.41, 5.74) is 2.45. The van der Waals surface area contributed by atoms with Gasteiger partial charge in [0.1, 0.15) is 11.6 Å². The van der Waals surface area contributed by atoms with Crippen molar-refractivity contribution in [1.29, 1.82) is 0 Å². The fourth-order valence-corrected chi connectivity index (χ4v) is 2.50. The quantitative estimate of drug-likeness (QED) is 0.883. The Morgan fingerprint density at radius 3 is 2.76 bits per heavy atom. The van der Waals surface area contributed by atoms with Gasteiger partial charge in [0.25, 0.3) is 0 Å². The van der Waals surface area contributed by atoms with Crippen LogP contribution in [0, 0.1) is 5.82 Å². The van der Waals surface area contributed by atoms with E-state index in [1.807, 2.05) is 18.2 Å². The average Bonchev–Trinajstić information content (AvgIpc) is 3.30. The first-order valence-corrected chi connectivity index (χ1v) is 7.41. The summed E-state index contributed by atoms with van der Waals surface area (Å²) in [6, 6.07) is 11.1. The first-order valence-electron chi connectivity index (χ1n) is 7.03. The third-order valence-electron chi connectivity index (χ3n) is 3.68. The van der Waals surface area contributed by atoms with Gasteiger partial charge in [0.15, 0.2) is 0 Å². The summed E-state index contributed by atoms with van der Waals surface area (Å²) in [7, 11) is 1.62. The van der Waals surface area contributed by atoms with Crippen LogP contribution in [-0.4, -0.2) is 13.2 Å². The molecule has 0 amide bonds. The zero-order chi connectivity index (χ0) is 14.8. The molecule has 0 aliphatic heterocycles. The first kappa shape index (κ1) is 14.4. The molecule has 1 fully saturated rings. The lowest BCUT2D eigenvalue weighted by atomic mass is 10.0. The van der Waals surface area contributed by atoms with Gasteiger partial charge in [-0.25, -0.2) is 4.39 Å². The lowest BCUT2D eigenvalue weighted by molar-refractivity contribution is 0.416. The van der Waals surface area contributed by atoms with Crippen LogP contribution >= 0.6 is 11.6 Å². The molecular weight excluding hydrogens is 289 g/mol. The van der Waals surface area contributed by atoms with Gasteiger partial charge in [0.2, 0.25) is 0 Å². The molecule has 0 radical (unpaired) electrons. The van der Waals surface area contributed by atoms with Crippen molar-refractivity contribution >= 4 is 11.6 Å². The van der Waals surface area contributed by atoms with E-state index in [1.165, 1.54) is 18.9 Å². The van der Waals surface area contributed by atoms with E-state index >= 15 is 0 Å². The van der Waals surface area contributed by atoms with Gasteiger partial charge in [0.05, 0.1) is 7.11 Å². The van der Waals surface area contributed by atoms with E-state index in [4.69, 9.17) is 16.3 Å². The Hall–Kier alpha value is -1.58. The molecule has 1 saturated carbocycles. The Balaban J connectivity index is 1.94. The van der Waals surface area contributed by atoms with Crippen molar-refractivity contribution in [3.8, 4) is 16.9 Å². The molecule has 0 spiro atoms. The van der Waals surface area contributed by atoms with Crippen molar-refractivity contribution in [2.75, 3.05) is 7.11 Å². The molecule has 0 aromatic heterocycles. The van der Waals surface area contributed by atoms with Gasteiger partial charge in [-0.2, -0.15) is 0 Å². The van der Waals surface area contributed by atoms with E-state index in [2.05, 4.69) is 5.32 Å². The maximum Gasteiger partial charge on any atom is 0.127 e. The molecule has 2 aromatic rings. The lowest BCUT2D eigenvalue weighted by Crippen LogP contribution is -2.16. The Labute approximate surface area is 128 Å². The Morgan fingerprint density at radius 2 is 2.05 bits per heavy atom. The van der Waals surface area contributed by atoms with Crippen LogP contribution < -0.4 is 10.1 Å². The van der Waals surface area contributed by atoms with E-state index in [0.29, 0.717) is 23.2 Å². The van der Waals surface area contributed by atoms with Crippen molar-refractivity contribution in [1.82, 2.24) is 5.32 Å². The standard InChI is InChI=1S/C17H17ClFNO/c1-21-17-7-3-13(18)9-15(17)11-2-6-16(19)12(8-11)10-20-14-4-5-14/h2-3,6-9,14,20H,4-5,10H2,1H3. The van der Waals surface area contributed by atoms with Crippen LogP contribution in [0.15, 0.2) is 36.4 Å². The minimum absolute atomic E-state index is 0.187. The zero-order valence-corrected chi connectivity index (χ0v) is 12.6. The topological polar surface area (TPSA) is 21.3 Å². The molecular formula is C17H17ClFNO. The van der Waals surface area contributed by atoms with E-state index in [0.717, 1.165) is 16.9 Å². The summed E-state index contributed by atoms with van der Waals surface area (Å²) in [6.07, 6.45) is 2.37. The highest BCUT2D eigenvalue weighted by Gasteiger charge is 2.20. The van der Waals surface area contributed by atoms with E-state index < -0.39 is 0 Å². The number of hydrogen-bond acceptors (Lipinski definition) is 2. The number of benzene rings is 2. The monoisotopic (exact) mass is 305 g/mol. The number of rotatable bonds is 5. The largest absolute Gasteiger partial charge is 0.496 e. The Morgan fingerprint density at radius 1 is 1.24 bits per heavy atom. The summed E-state index contributed by atoms with van der Waals surface area (Å²) < 4.78 is 19.3. The highest BCUT2D eigenvalue weighted by Crippen LogP contribution is 2.33. The van der Waals surface area contributed by atoms with Gasteiger partial charge < -0.3 is 10.1 Å². The number of nitrogens with one attached hydrogen (secondary N) is 1. The van der Waals surface area contributed by atoms with Gasteiger partial charge in [-0.05, 0) is 48.7 Å². The lowest BCUT2D eigenvalue weighted by Gasteiger charge is -2.12. The molecule has 1 aliphatic rings. The van der Waals surface area contributed by atoms with Crippen LogP contribution in [0.4, 0.5) is 4.39 Å². The summed E-state index contributed by atoms with van der Waals surface area (Å²) in [5.74, 6) is 0.542. The minimum Gasteiger partial charge on any atom is -0.496 e. The molecule has 3 rings (SSSR count). The third-order valence-corrected chi connectivity index (χ3v) is 3.91. The predicted octanol–water partition coefficient (Wildman–Crippen LogP) is 4.41. The second-order valence-electron chi connectivity index (χ2n) is 5.31. The number of ether oxygens (including phenoxy) is 1.